The van der Waals surface area contributed by atoms with E-state index in [-0.39, 0.29) is 11.8 Å². The van der Waals surface area contributed by atoms with Crippen molar-refractivity contribution in [3.05, 3.63) is 23.8 Å². The molecule has 0 spiro atoms. The molecule has 0 amide bonds. The summed E-state index contributed by atoms with van der Waals surface area (Å²) in [6, 6.07) is 5.34. The second kappa shape index (κ2) is 7.26. The fourth-order valence-corrected chi connectivity index (χ4v) is 2.17. The van der Waals surface area contributed by atoms with Crippen LogP contribution in [0.3, 0.4) is 0 Å². The number of ether oxygens (including phenoxy) is 2. The number of nitrogens with one attached hydrogen (secondary N) is 2. The van der Waals surface area contributed by atoms with Crippen molar-refractivity contribution in [3.63, 3.8) is 0 Å². The second-order valence-corrected chi connectivity index (χ2v) is 4.87. The zero-order valence-electron chi connectivity index (χ0n) is 12.1. The van der Waals surface area contributed by atoms with E-state index in [1.54, 1.807) is 7.11 Å². The van der Waals surface area contributed by atoms with Crippen molar-refractivity contribution in [2.24, 2.45) is 0 Å². The molecule has 5 heteroatoms. The second-order valence-electron chi connectivity index (χ2n) is 4.87. The lowest BCUT2D eigenvalue weighted by molar-refractivity contribution is 0.0949. The topological polar surface area (TPSA) is 59.6 Å². The van der Waals surface area contributed by atoms with Crippen LogP contribution in [0.25, 0.3) is 0 Å². The van der Waals surface area contributed by atoms with Crippen LogP contribution >= 0.6 is 0 Å². The molecular weight excluding hydrogens is 256 g/mol. The standard InChI is InChI=1S/C15H22N2O3/c1-11(16-6-3-8-19-2)15(18)12-4-5-14-13(10-12)17-7-9-20-14/h4-5,10-11,16-17H,3,6-9H2,1-2H3. The van der Waals surface area contributed by atoms with E-state index in [0.717, 1.165) is 30.9 Å². The van der Waals surface area contributed by atoms with Gasteiger partial charge in [0, 0.05) is 25.8 Å². The summed E-state index contributed by atoms with van der Waals surface area (Å²) in [7, 11) is 1.68. The molecule has 1 atom stereocenters. The first kappa shape index (κ1) is 14.8. The Morgan fingerprint density at radius 3 is 3.20 bits per heavy atom. The molecule has 1 unspecified atom stereocenters. The van der Waals surface area contributed by atoms with Gasteiger partial charge in [-0.1, -0.05) is 0 Å². The highest BCUT2D eigenvalue weighted by atomic mass is 16.5. The van der Waals surface area contributed by atoms with Crippen LogP contribution in [0.2, 0.25) is 0 Å². The van der Waals surface area contributed by atoms with Crippen molar-refractivity contribution in [1.82, 2.24) is 5.32 Å². The van der Waals surface area contributed by atoms with Crippen LogP contribution in [0.1, 0.15) is 23.7 Å². The zero-order chi connectivity index (χ0) is 14.4. The van der Waals surface area contributed by atoms with E-state index in [2.05, 4.69) is 10.6 Å². The first-order valence-corrected chi connectivity index (χ1v) is 6.99. The Kier molecular flexibility index (Phi) is 5.38. The number of carbonyl (C=O) groups excluding carboxylic acids is 1. The molecule has 0 saturated heterocycles. The molecule has 1 aliphatic rings. The molecule has 5 nitrogen and oxygen atoms in total. The number of benzene rings is 1. The van der Waals surface area contributed by atoms with E-state index >= 15 is 0 Å². The van der Waals surface area contributed by atoms with E-state index in [4.69, 9.17) is 9.47 Å². The predicted octanol–water partition coefficient (Wildman–Crippen LogP) is 1.69. The summed E-state index contributed by atoms with van der Waals surface area (Å²) >= 11 is 0. The maximum Gasteiger partial charge on any atom is 0.179 e. The Hall–Kier alpha value is -1.59. The number of anilines is 1. The van der Waals surface area contributed by atoms with E-state index in [1.165, 1.54) is 0 Å². The number of carbonyl (C=O) groups is 1. The molecule has 2 rings (SSSR count). The van der Waals surface area contributed by atoms with Crippen LogP contribution in [-0.4, -0.2) is 45.2 Å². The molecule has 0 aromatic heterocycles. The summed E-state index contributed by atoms with van der Waals surface area (Å²) in [6.07, 6.45) is 0.897. The van der Waals surface area contributed by atoms with Crippen molar-refractivity contribution in [1.29, 1.82) is 0 Å². The van der Waals surface area contributed by atoms with E-state index in [0.29, 0.717) is 18.8 Å². The zero-order valence-corrected chi connectivity index (χ0v) is 12.1. The number of Topliss-reactive ketones (excluding diaryl/α,β-unsaturated/α-hetero) is 1. The lowest BCUT2D eigenvalue weighted by Crippen LogP contribution is -2.35. The van der Waals surface area contributed by atoms with Gasteiger partial charge in [-0.25, -0.2) is 0 Å². The first-order valence-electron chi connectivity index (χ1n) is 6.99. The summed E-state index contributed by atoms with van der Waals surface area (Å²) in [4.78, 5) is 12.3. The van der Waals surface area contributed by atoms with Gasteiger partial charge in [0.2, 0.25) is 0 Å². The van der Waals surface area contributed by atoms with Gasteiger partial charge in [0.25, 0.3) is 0 Å². The van der Waals surface area contributed by atoms with Crippen LogP contribution in [0.5, 0.6) is 5.75 Å². The highest BCUT2D eigenvalue weighted by Crippen LogP contribution is 2.28. The summed E-state index contributed by atoms with van der Waals surface area (Å²) in [6.45, 7) is 4.80. The van der Waals surface area contributed by atoms with Gasteiger partial charge in [-0.15, -0.1) is 0 Å². The molecule has 1 aromatic rings. The summed E-state index contributed by atoms with van der Waals surface area (Å²) in [5, 5.41) is 6.46. The van der Waals surface area contributed by atoms with Crippen LogP contribution in [-0.2, 0) is 4.74 Å². The van der Waals surface area contributed by atoms with Crippen molar-refractivity contribution in [2.45, 2.75) is 19.4 Å². The molecule has 1 aliphatic heterocycles. The Morgan fingerprint density at radius 1 is 1.55 bits per heavy atom. The fourth-order valence-electron chi connectivity index (χ4n) is 2.17. The van der Waals surface area contributed by atoms with Crippen LogP contribution in [0.4, 0.5) is 5.69 Å². The minimum atomic E-state index is -0.200. The highest BCUT2D eigenvalue weighted by Gasteiger charge is 2.17. The lowest BCUT2D eigenvalue weighted by atomic mass is 10.0. The smallest absolute Gasteiger partial charge is 0.179 e. The van der Waals surface area contributed by atoms with E-state index in [9.17, 15) is 4.79 Å². The van der Waals surface area contributed by atoms with Gasteiger partial charge in [-0.05, 0) is 38.1 Å². The van der Waals surface area contributed by atoms with Crippen LogP contribution in [0.15, 0.2) is 18.2 Å². The number of ketones is 1. The molecule has 0 radical (unpaired) electrons. The molecule has 0 aliphatic carbocycles. The third-order valence-electron chi connectivity index (χ3n) is 3.31. The average Bonchev–Trinajstić information content (AvgIpc) is 2.50. The number of rotatable bonds is 7. The Bertz CT molecular complexity index is 462. The molecule has 1 heterocycles. The SMILES string of the molecule is COCCCNC(C)C(=O)c1ccc2c(c1)NCCO2. The maximum absolute atomic E-state index is 12.3. The van der Waals surface area contributed by atoms with Gasteiger partial charge < -0.3 is 20.1 Å². The monoisotopic (exact) mass is 278 g/mol. The molecule has 110 valence electrons. The molecule has 0 saturated carbocycles. The van der Waals surface area contributed by atoms with Crippen molar-refractivity contribution in [2.75, 3.05) is 38.7 Å². The summed E-state index contributed by atoms with van der Waals surface area (Å²) < 4.78 is 10.5. The van der Waals surface area contributed by atoms with E-state index < -0.39 is 0 Å². The van der Waals surface area contributed by atoms with E-state index in [1.807, 2.05) is 25.1 Å². The van der Waals surface area contributed by atoms with Gasteiger partial charge in [0.1, 0.15) is 12.4 Å². The number of fused-ring (bicyclic) bond motifs is 1. The minimum Gasteiger partial charge on any atom is -0.490 e. The van der Waals surface area contributed by atoms with Gasteiger partial charge in [0.15, 0.2) is 5.78 Å². The average molecular weight is 278 g/mol. The summed E-state index contributed by atoms with van der Waals surface area (Å²) in [5.41, 5.74) is 1.60. The largest absolute Gasteiger partial charge is 0.490 e. The maximum atomic E-state index is 12.3. The van der Waals surface area contributed by atoms with Gasteiger partial charge in [-0.2, -0.15) is 0 Å². The molecular formula is C15H22N2O3. The molecule has 1 aromatic carbocycles. The first-order chi connectivity index (χ1) is 9.72. The van der Waals surface area contributed by atoms with Gasteiger partial charge >= 0.3 is 0 Å². The third kappa shape index (κ3) is 3.71. The van der Waals surface area contributed by atoms with Gasteiger partial charge in [0.05, 0.1) is 11.7 Å². The minimum absolute atomic E-state index is 0.0950. The third-order valence-corrected chi connectivity index (χ3v) is 3.31. The number of hydrogen-bond acceptors (Lipinski definition) is 5. The van der Waals surface area contributed by atoms with Crippen LogP contribution in [0, 0.1) is 0 Å². The Balaban J connectivity index is 1.94. The lowest BCUT2D eigenvalue weighted by Gasteiger charge is -2.20. The van der Waals surface area contributed by atoms with Crippen molar-refractivity contribution in [3.8, 4) is 5.75 Å². The molecule has 0 bridgehead atoms. The highest BCUT2D eigenvalue weighted by molar-refractivity contribution is 6.01. The molecule has 0 fully saturated rings. The number of hydrogen-bond donors (Lipinski definition) is 2. The Labute approximate surface area is 119 Å². The molecule has 20 heavy (non-hydrogen) atoms. The normalized spacial score (nSPS) is 14.9. The fraction of sp³-hybridized carbons (Fsp3) is 0.533. The predicted molar refractivity (Wildman–Crippen MR) is 78.7 cm³/mol. The van der Waals surface area contributed by atoms with Crippen molar-refractivity contribution < 1.29 is 14.3 Å². The van der Waals surface area contributed by atoms with Crippen molar-refractivity contribution >= 4 is 11.5 Å². The quantitative estimate of drug-likeness (QED) is 0.587. The number of methoxy groups -OCH3 is 1. The summed E-state index contributed by atoms with van der Waals surface area (Å²) in [5.74, 6) is 0.908. The Morgan fingerprint density at radius 2 is 2.40 bits per heavy atom. The van der Waals surface area contributed by atoms with Gasteiger partial charge in [-0.3, -0.25) is 4.79 Å². The van der Waals surface area contributed by atoms with Crippen LogP contribution < -0.4 is 15.4 Å². The molecule has 2 N–H and O–H groups in total.